The number of aromatic nitrogens is 4. The number of pyridine rings is 4. The van der Waals surface area contributed by atoms with Crippen molar-refractivity contribution >= 4 is 43.6 Å². The molecule has 4 aromatic heterocycles. The van der Waals surface area contributed by atoms with Crippen LogP contribution in [0.1, 0.15) is 0 Å². The van der Waals surface area contributed by atoms with Crippen molar-refractivity contribution in [1.29, 1.82) is 0 Å². The zero-order chi connectivity index (χ0) is 30.7. The Hall–Kier alpha value is -4.01. The van der Waals surface area contributed by atoms with Gasteiger partial charge in [-0.15, -0.1) is 0 Å². The van der Waals surface area contributed by atoms with Gasteiger partial charge in [0.2, 0.25) is 0 Å². The van der Waals surface area contributed by atoms with Crippen LogP contribution < -0.4 is 50.0 Å². The second-order valence-corrected chi connectivity index (χ2v) is 9.33. The number of rotatable bonds is 0. The molecular formula is C36H24DyN4NaO4. The number of nitrogens with zero attached hydrogens (tertiary/aromatic N) is 4. The SMILES string of the molecule is [Dy+3].[Na+].[O-]c1cccc2cccnc12.[O-]c1cccc2cccnc12.[O-]c1cccc2cccnc12.[O-]c1cccc2cccnc12. The minimum Gasteiger partial charge on any atom is -0.871 e. The van der Waals surface area contributed by atoms with Crippen molar-refractivity contribution in [3.63, 3.8) is 0 Å². The van der Waals surface area contributed by atoms with Gasteiger partial charge >= 0.3 is 67.7 Å². The van der Waals surface area contributed by atoms with Gasteiger partial charge in [0.25, 0.3) is 0 Å². The third-order valence-electron chi connectivity index (χ3n) is 6.38. The summed E-state index contributed by atoms with van der Waals surface area (Å²) < 4.78 is 0. The van der Waals surface area contributed by atoms with E-state index >= 15 is 0 Å². The monoisotopic (exact) mass is 763 g/mol. The van der Waals surface area contributed by atoms with Crippen LogP contribution >= 0.6 is 0 Å². The van der Waals surface area contributed by atoms with Gasteiger partial charge in [-0.2, -0.15) is 0 Å². The van der Waals surface area contributed by atoms with E-state index in [1.165, 1.54) is 24.3 Å². The molecule has 0 aliphatic carbocycles. The summed E-state index contributed by atoms with van der Waals surface area (Å²) in [4.78, 5) is 15.9. The van der Waals surface area contributed by atoms with E-state index in [-0.39, 0.29) is 90.7 Å². The smallest absolute Gasteiger partial charge is 0.871 e. The molecular weight excluding hydrogens is 738 g/mol. The van der Waals surface area contributed by atoms with E-state index in [4.69, 9.17) is 0 Å². The fraction of sp³-hybridized carbons (Fsp3) is 0. The predicted octanol–water partition coefficient (Wildman–Crippen LogP) is 2.24. The summed E-state index contributed by atoms with van der Waals surface area (Å²) >= 11 is 0. The molecule has 0 aliphatic rings. The maximum atomic E-state index is 11.1. The van der Waals surface area contributed by atoms with Crippen LogP contribution in [0.15, 0.2) is 146 Å². The quantitative estimate of drug-likeness (QED) is 0.214. The Morgan fingerprint density at radius 2 is 0.500 bits per heavy atom. The number of hydrogen-bond acceptors (Lipinski definition) is 8. The molecule has 4 aromatic carbocycles. The van der Waals surface area contributed by atoms with Crippen LogP contribution in [0.2, 0.25) is 0 Å². The molecule has 0 atom stereocenters. The van der Waals surface area contributed by atoms with Crippen LogP contribution in [0.4, 0.5) is 0 Å². The standard InChI is InChI=1S/4C9H7NO.Dy.Na/c4*11-8-5-1-3-7-4-2-6-10-9(7)8;;/h4*1-6,11H;;/q;;;;+3;+1/p-4. The zero-order valence-electron chi connectivity index (χ0n) is 24.6. The van der Waals surface area contributed by atoms with Gasteiger partial charge in [-0.25, -0.2) is 0 Å². The van der Waals surface area contributed by atoms with Crippen molar-refractivity contribution < 1.29 is 88.2 Å². The summed E-state index contributed by atoms with van der Waals surface area (Å²) in [5.41, 5.74) is 2.20. The molecule has 0 N–H and O–H groups in total. The fourth-order valence-corrected chi connectivity index (χ4v) is 4.30. The van der Waals surface area contributed by atoms with E-state index in [0.29, 0.717) is 22.1 Å². The Morgan fingerprint density at radius 1 is 0.304 bits per heavy atom. The first-order chi connectivity index (χ1) is 21.5. The molecule has 8 rings (SSSR count). The molecule has 0 amide bonds. The Morgan fingerprint density at radius 3 is 0.696 bits per heavy atom. The van der Waals surface area contributed by atoms with Gasteiger partial charge in [-0.3, -0.25) is 19.9 Å². The first-order valence-corrected chi connectivity index (χ1v) is 13.5. The minimum atomic E-state index is -0.0110. The van der Waals surface area contributed by atoms with E-state index < -0.39 is 0 Å². The number of para-hydroxylation sites is 4. The van der Waals surface area contributed by atoms with Gasteiger partial charge in [-0.1, -0.05) is 120 Å². The van der Waals surface area contributed by atoms with Gasteiger partial charge in [0.05, 0.1) is 22.1 Å². The summed E-state index contributed by atoms with van der Waals surface area (Å²) in [5, 5.41) is 48.1. The van der Waals surface area contributed by atoms with E-state index in [1.807, 2.05) is 72.8 Å². The Labute approximate surface area is 317 Å². The molecule has 4 heterocycles. The summed E-state index contributed by atoms with van der Waals surface area (Å²) in [6.07, 6.45) is 6.51. The number of fused-ring (bicyclic) bond motifs is 4. The predicted molar refractivity (Wildman–Crippen MR) is 165 cm³/mol. The van der Waals surface area contributed by atoms with Crippen LogP contribution in [0, 0.1) is 38.2 Å². The molecule has 0 unspecified atom stereocenters. The summed E-state index contributed by atoms with van der Waals surface area (Å²) in [5.74, 6) is -0.0441. The van der Waals surface area contributed by atoms with Crippen molar-refractivity contribution in [3.05, 3.63) is 146 Å². The molecule has 0 fully saturated rings. The molecule has 0 aliphatic heterocycles. The van der Waals surface area contributed by atoms with Crippen LogP contribution in [-0.2, 0) is 0 Å². The Bertz CT molecular complexity index is 1840. The summed E-state index contributed by atoms with van der Waals surface area (Å²) in [7, 11) is 0. The van der Waals surface area contributed by atoms with Crippen molar-refractivity contribution in [2.45, 2.75) is 0 Å². The molecule has 0 saturated carbocycles. The van der Waals surface area contributed by atoms with E-state index in [0.717, 1.165) is 21.5 Å². The van der Waals surface area contributed by atoms with Gasteiger partial charge in [0.15, 0.2) is 0 Å². The Kier molecular flexibility index (Phi) is 14.4. The minimum absolute atomic E-state index is 0. The summed E-state index contributed by atoms with van der Waals surface area (Å²) in [6.45, 7) is 0. The number of benzene rings is 4. The first-order valence-electron chi connectivity index (χ1n) is 13.5. The maximum Gasteiger partial charge on any atom is 3.00 e. The van der Waals surface area contributed by atoms with Gasteiger partial charge < -0.3 is 20.4 Å². The van der Waals surface area contributed by atoms with E-state index in [2.05, 4.69) is 19.9 Å². The molecule has 0 spiro atoms. The topological polar surface area (TPSA) is 144 Å². The van der Waals surface area contributed by atoms with Crippen LogP contribution in [0.25, 0.3) is 43.6 Å². The zero-order valence-corrected chi connectivity index (χ0v) is 28.6. The van der Waals surface area contributed by atoms with Crippen LogP contribution in [-0.4, -0.2) is 19.9 Å². The first kappa shape index (κ1) is 36.5. The van der Waals surface area contributed by atoms with Crippen molar-refractivity contribution in [3.8, 4) is 23.0 Å². The Balaban J connectivity index is 0.000000165. The third-order valence-corrected chi connectivity index (χ3v) is 6.38. The van der Waals surface area contributed by atoms with E-state index in [9.17, 15) is 20.4 Å². The average molecular weight is 762 g/mol. The molecule has 1 radical (unpaired) electrons. The largest absolute Gasteiger partial charge is 3.00 e. The average Bonchev–Trinajstić information content (AvgIpc) is 3.07. The van der Waals surface area contributed by atoms with Crippen molar-refractivity contribution in [1.82, 2.24) is 19.9 Å². The molecule has 223 valence electrons. The molecule has 0 saturated heterocycles. The normalized spacial score (nSPS) is 9.74. The molecule has 8 aromatic rings. The van der Waals surface area contributed by atoms with Crippen LogP contribution in [0.3, 0.4) is 0 Å². The van der Waals surface area contributed by atoms with Crippen LogP contribution in [0.5, 0.6) is 23.0 Å². The number of hydrogen-bond donors (Lipinski definition) is 0. The third kappa shape index (κ3) is 9.50. The van der Waals surface area contributed by atoms with Gasteiger partial charge in [0, 0.05) is 24.8 Å². The molecule has 46 heavy (non-hydrogen) atoms. The van der Waals surface area contributed by atoms with Gasteiger partial charge in [-0.05, 0) is 45.8 Å². The molecule has 8 nitrogen and oxygen atoms in total. The maximum absolute atomic E-state index is 11.1. The fourth-order valence-electron chi connectivity index (χ4n) is 4.30. The molecule has 10 heteroatoms. The van der Waals surface area contributed by atoms with Gasteiger partial charge in [0.1, 0.15) is 0 Å². The molecule has 0 bridgehead atoms. The second kappa shape index (κ2) is 18.2. The van der Waals surface area contributed by atoms with Crippen molar-refractivity contribution in [2.75, 3.05) is 0 Å². The van der Waals surface area contributed by atoms with Crippen molar-refractivity contribution in [2.24, 2.45) is 0 Å². The van der Waals surface area contributed by atoms with E-state index in [1.54, 1.807) is 49.1 Å². The summed E-state index contributed by atoms with van der Waals surface area (Å²) in [6, 6.07) is 35.4. The second-order valence-electron chi connectivity index (χ2n) is 9.33.